The van der Waals surface area contributed by atoms with Gasteiger partial charge in [-0.2, -0.15) is 0 Å². The Balaban J connectivity index is 0. The minimum atomic E-state index is -0.656. The standard InChI is InChI=1S/C22H42O2.C18H37NO/c1-2-3-4-5-6-7-8-9-10-11-12-13-14-15-16-17-18-19-20-21-22(23)24;1-2-3-4-5-6-7-8-9-10-11-12-13-14-15-16-17-18(19)20/h9-10H,2-8,11-21H2,1H3,(H,23,24);2-17H2,1H3,(H2,19,20). The average Bonchev–Trinajstić information content (AvgIpc) is 3.00. The summed E-state index contributed by atoms with van der Waals surface area (Å²) in [7, 11) is 0. The molecule has 3 N–H and O–H groups in total. The molecule has 0 aliphatic rings. The Labute approximate surface area is 276 Å². The number of carboxylic acid groups (broad SMARTS) is 1. The Hall–Kier alpha value is -1.32. The summed E-state index contributed by atoms with van der Waals surface area (Å²) in [5, 5.41) is 8.55. The van der Waals surface area contributed by atoms with Gasteiger partial charge in [-0.05, 0) is 38.5 Å². The molecule has 0 saturated carbocycles. The lowest BCUT2D eigenvalue weighted by Gasteiger charge is -2.03. The molecule has 4 heteroatoms. The van der Waals surface area contributed by atoms with Crippen LogP contribution in [-0.4, -0.2) is 17.0 Å². The first kappa shape index (κ1) is 44.8. The smallest absolute Gasteiger partial charge is 0.303 e. The first-order chi connectivity index (χ1) is 21.5. The molecule has 0 rings (SSSR count). The largest absolute Gasteiger partial charge is 0.481 e. The van der Waals surface area contributed by atoms with Gasteiger partial charge < -0.3 is 10.8 Å². The minimum Gasteiger partial charge on any atom is -0.481 e. The van der Waals surface area contributed by atoms with Crippen LogP contribution in [0.4, 0.5) is 0 Å². The lowest BCUT2D eigenvalue weighted by Crippen LogP contribution is -2.09. The molecule has 0 saturated heterocycles. The molecular formula is C40H79NO3. The molecule has 0 atom stereocenters. The van der Waals surface area contributed by atoms with Crippen LogP contribution in [0.2, 0.25) is 0 Å². The monoisotopic (exact) mass is 622 g/mol. The Morgan fingerprint density at radius 2 is 0.659 bits per heavy atom. The van der Waals surface area contributed by atoms with E-state index >= 15 is 0 Å². The van der Waals surface area contributed by atoms with E-state index in [0.29, 0.717) is 12.8 Å². The molecule has 0 aromatic carbocycles. The zero-order valence-electron chi connectivity index (χ0n) is 30.0. The van der Waals surface area contributed by atoms with Crippen LogP contribution in [0.25, 0.3) is 0 Å². The molecule has 0 aromatic rings. The van der Waals surface area contributed by atoms with E-state index in [-0.39, 0.29) is 5.91 Å². The second kappa shape index (κ2) is 41.7. The van der Waals surface area contributed by atoms with E-state index in [1.165, 1.54) is 186 Å². The van der Waals surface area contributed by atoms with Crippen LogP contribution < -0.4 is 5.73 Å². The summed E-state index contributed by atoms with van der Waals surface area (Å²) < 4.78 is 0. The molecule has 4 nitrogen and oxygen atoms in total. The molecule has 0 aliphatic heterocycles. The number of carboxylic acids is 1. The van der Waals surface area contributed by atoms with Gasteiger partial charge in [-0.15, -0.1) is 0 Å². The zero-order valence-corrected chi connectivity index (χ0v) is 30.0. The summed E-state index contributed by atoms with van der Waals surface area (Å²) >= 11 is 0. The van der Waals surface area contributed by atoms with Gasteiger partial charge >= 0.3 is 5.97 Å². The average molecular weight is 622 g/mol. The maximum Gasteiger partial charge on any atom is 0.303 e. The molecule has 0 bridgehead atoms. The van der Waals surface area contributed by atoms with Crippen LogP contribution in [0.15, 0.2) is 12.2 Å². The maximum absolute atomic E-state index is 10.6. The van der Waals surface area contributed by atoms with Crippen LogP contribution in [0.1, 0.15) is 232 Å². The first-order valence-electron chi connectivity index (χ1n) is 19.7. The molecule has 44 heavy (non-hydrogen) atoms. The third-order valence-corrected chi connectivity index (χ3v) is 8.68. The van der Waals surface area contributed by atoms with Crippen molar-refractivity contribution in [2.45, 2.75) is 232 Å². The number of aliphatic carboxylic acids is 1. The van der Waals surface area contributed by atoms with E-state index in [1.54, 1.807) is 0 Å². The maximum atomic E-state index is 10.6. The van der Waals surface area contributed by atoms with Gasteiger partial charge in [0.2, 0.25) is 5.91 Å². The lowest BCUT2D eigenvalue weighted by molar-refractivity contribution is -0.137. The van der Waals surface area contributed by atoms with Crippen molar-refractivity contribution in [3.05, 3.63) is 12.2 Å². The Kier molecular flexibility index (Phi) is 42.4. The van der Waals surface area contributed by atoms with E-state index in [4.69, 9.17) is 10.8 Å². The number of hydrogen-bond donors (Lipinski definition) is 2. The quantitative estimate of drug-likeness (QED) is 0.0545. The highest BCUT2D eigenvalue weighted by Gasteiger charge is 1.98. The van der Waals surface area contributed by atoms with Gasteiger partial charge in [0, 0.05) is 12.8 Å². The summed E-state index contributed by atoms with van der Waals surface area (Å²) in [6.45, 7) is 4.55. The number of nitrogens with two attached hydrogens (primary N) is 1. The SMILES string of the molecule is CCCCCCCCC=CCCCCCCCCCCCC(=O)O.CCCCCCCCCCCCCCCCCC(N)=O. The van der Waals surface area contributed by atoms with Crippen molar-refractivity contribution >= 4 is 11.9 Å². The van der Waals surface area contributed by atoms with Crippen LogP contribution >= 0.6 is 0 Å². The fraction of sp³-hybridized carbons (Fsp3) is 0.900. The summed E-state index contributed by atoms with van der Waals surface area (Å²) in [5.74, 6) is -0.810. The highest BCUT2D eigenvalue weighted by atomic mass is 16.4. The fourth-order valence-corrected chi connectivity index (χ4v) is 5.72. The van der Waals surface area contributed by atoms with E-state index in [0.717, 1.165) is 19.3 Å². The van der Waals surface area contributed by atoms with Crippen molar-refractivity contribution < 1.29 is 14.7 Å². The summed E-state index contributed by atoms with van der Waals surface area (Å²) in [4.78, 5) is 20.9. The molecule has 0 radical (unpaired) electrons. The molecule has 1 amide bonds. The van der Waals surface area contributed by atoms with Gasteiger partial charge in [0.25, 0.3) is 0 Å². The van der Waals surface area contributed by atoms with Crippen LogP contribution in [0.3, 0.4) is 0 Å². The van der Waals surface area contributed by atoms with Crippen LogP contribution in [0, 0.1) is 0 Å². The molecule has 0 aliphatic carbocycles. The predicted octanol–water partition coefficient (Wildman–Crippen LogP) is 13.4. The number of primary amides is 1. The number of amides is 1. The van der Waals surface area contributed by atoms with Crippen LogP contribution in [0.5, 0.6) is 0 Å². The third-order valence-electron chi connectivity index (χ3n) is 8.68. The number of hydrogen-bond acceptors (Lipinski definition) is 2. The second-order valence-electron chi connectivity index (χ2n) is 13.3. The Morgan fingerprint density at radius 3 is 0.932 bits per heavy atom. The van der Waals surface area contributed by atoms with E-state index in [2.05, 4.69) is 26.0 Å². The highest BCUT2D eigenvalue weighted by molar-refractivity contribution is 5.73. The van der Waals surface area contributed by atoms with Crippen molar-refractivity contribution in [3.8, 4) is 0 Å². The van der Waals surface area contributed by atoms with Crippen LogP contribution in [-0.2, 0) is 9.59 Å². The van der Waals surface area contributed by atoms with Crippen molar-refractivity contribution in [2.75, 3.05) is 0 Å². The fourth-order valence-electron chi connectivity index (χ4n) is 5.72. The Morgan fingerprint density at radius 1 is 0.409 bits per heavy atom. The topological polar surface area (TPSA) is 80.4 Å². The first-order valence-corrected chi connectivity index (χ1v) is 19.7. The van der Waals surface area contributed by atoms with E-state index in [1.807, 2.05) is 0 Å². The van der Waals surface area contributed by atoms with Crippen molar-refractivity contribution in [1.82, 2.24) is 0 Å². The second-order valence-corrected chi connectivity index (χ2v) is 13.3. The van der Waals surface area contributed by atoms with Gasteiger partial charge in [-0.3, -0.25) is 9.59 Å². The lowest BCUT2D eigenvalue weighted by atomic mass is 10.0. The number of carbonyl (C=O) groups is 2. The highest BCUT2D eigenvalue weighted by Crippen LogP contribution is 2.14. The third kappa shape index (κ3) is 47.6. The van der Waals surface area contributed by atoms with Crippen molar-refractivity contribution in [3.63, 3.8) is 0 Å². The molecule has 0 spiro atoms. The number of carbonyl (C=O) groups excluding carboxylic acids is 1. The molecule has 0 fully saturated rings. The molecule has 262 valence electrons. The predicted molar refractivity (Wildman–Crippen MR) is 194 cm³/mol. The summed E-state index contributed by atoms with van der Waals surface area (Å²) in [5.41, 5.74) is 5.11. The van der Waals surface area contributed by atoms with Crippen molar-refractivity contribution in [1.29, 1.82) is 0 Å². The molecule has 0 unspecified atom stereocenters. The van der Waals surface area contributed by atoms with Gasteiger partial charge in [0.05, 0.1) is 0 Å². The number of rotatable bonds is 35. The summed E-state index contributed by atoms with van der Waals surface area (Å²) in [6, 6.07) is 0. The van der Waals surface area contributed by atoms with Gasteiger partial charge in [0.15, 0.2) is 0 Å². The molecule has 0 heterocycles. The molecule has 0 aromatic heterocycles. The van der Waals surface area contributed by atoms with E-state index in [9.17, 15) is 9.59 Å². The van der Waals surface area contributed by atoms with E-state index < -0.39 is 5.97 Å². The normalized spacial score (nSPS) is 11.1. The minimum absolute atomic E-state index is 0.153. The van der Waals surface area contributed by atoms with Gasteiger partial charge in [-0.25, -0.2) is 0 Å². The van der Waals surface area contributed by atoms with Gasteiger partial charge in [0.1, 0.15) is 0 Å². The van der Waals surface area contributed by atoms with Crippen molar-refractivity contribution in [2.24, 2.45) is 5.73 Å². The molecular weight excluding hydrogens is 542 g/mol. The summed E-state index contributed by atoms with van der Waals surface area (Å²) in [6.07, 6.45) is 48.0. The number of unbranched alkanes of at least 4 members (excludes halogenated alkanes) is 29. The zero-order chi connectivity index (χ0) is 32.6. The Bertz CT molecular complexity index is 589. The van der Waals surface area contributed by atoms with Gasteiger partial charge in [-0.1, -0.05) is 193 Å². The number of allylic oxidation sites excluding steroid dienone is 2.